The van der Waals surface area contributed by atoms with Crippen molar-refractivity contribution in [1.29, 1.82) is 0 Å². The second kappa shape index (κ2) is 27.2. The van der Waals surface area contributed by atoms with Crippen molar-refractivity contribution in [2.24, 2.45) is 34.7 Å². The van der Waals surface area contributed by atoms with Crippen LogP contribution in [-0.4, -0.2) is 163 Å². The number of carbonyl (C=O) groups is 3. The molecular weight excluding hydrogens is 919 g/mol. The fourth-order valence-electron chi connectivity index (χ4n) is 11.7. The summed E-state index contributed by atoms with van der Waals surface area (Å²) in [4.78, 5) is 48.5. The number of nitrogens with zero attached hydrogens (tertiary/aromatic N) is 2. The molecule has 412 valence electrons. The summed E-state index contributed by atoms with van der Waals surface area (Å²) >= 11 is 0. The topological polar surface area (TPSA) is 223 Å². The van der Waals surface area contributed by atoms with Gasteiger partial charge in [-0.3, -0.25) is 9.59 Å². The minimum Gasteiger partial charge on any atom is -0.459 e. The van der Waals surface area contributed by atoms with Gasteiger partial charge in [-0.25, -0.2) is 4.79 Å². The molecular formula is C53H95N3O15. The van der Waals surface area contributed by atoms with Crippen LogP contribution in [0.5, 0.6) is 0 Å². The van der Waals surface area contributed by atoms with Gasteiger partial charge in [-0.2, -0.15) is 0 Å². The number of ether oxygens (including phenoxy) is 8. The van der Waals surface area contributed by atoms with Crippen molar-refractivity contribution in [1.82, 2.24) is 10.2 Å². The predicted octanol–water partition coefficient (Wildman–Crippen LogP) is 7.05. The Morgan fingerprint density at radius 3 is 2.17 bits per heavy atom. The Bertz CT molecular complexity index is 1690. The highest BCUT2D eigenvalue weighted by Crippen LogP contribution is 2.42. The van der Waals surface area contributed by atoms with Gasteiger partial charge in [0.25, 0.3) is 0 Å². The number of hydrogen-bond donors (Lipinski definition) is 4. The molecule has 4 fully saturated rings. The van der Waals surface area contributed by atoms with Gasteiger partial charge in [0.05, 0.1) is 53.8 Å². The van der Waals surface area contributed by atoms with Crippen LogP contribution in [0.3, 0.4) is 0 Å². The van der Waals surface area contributed by atoms with E-state index in [4.69, 9.17) is 42.7 Å². The maximum atomic E-state index is 14.7. The Morgan fingerprint density at radius 1 is 0.887 bits per heavy atom. The van der Waals surface area contributed by atoms with Crippen molar-refractivity contribution < 1.29 is 72.4 Å². The highest BCUT2D eigenvalue weighted by atomic mass is 16.7. The van der Waals surface area contributed by atoms with Crippen molar-refractivity contribution in [3.8, 4) is 0 Å². The number of oxime groups is 1. The van der Waals surface area contributed by atoms with E-state index in [0.29, 0.717) is 31.2 Å². The van der Waals surface area contributed by atoms with Gasteiger partial charge < -0.3 is 68.3 Å². The molecule has 4 N–H and O–H groups in total. The molecule has 4 rings (SSSR count). The smallest absolute Gasteiger partial charge is 0.407 e. The first-order valence-corrected chi connectivity index (χ1v) is 26.8. The van der Waals surface area contributed by atoms with Crippen LogP contribution < -0.4 is 5.32 Å². The number of alkyl carbamates (subject to hydrolysis) is 1. The first-order chi connectivity index (χ1) is 33.3. The number of nitrogens with one attached hydrogen (secondary N) is 1. The second-order valence-electron chi connectivity index (χ2n) is 22.3. The molecule has 2 unspecified atom stereocenters. The lowest BCUT2D eigenvalue weighted by molar-refractivity contribution is -0.318. The molecule has 18 atom stereocenters. The molecule has 71 heavy (non-hydrogen) atoms. The maximum Gasteiger partial charge on any atom is 0.407 e. The average Bonchev–Trinajstić information content (AvgIpc) is 3.30. The lowest BCUT2D eigenvalue weighted by atomic mass is 9.73. The van der Waals surface area contributed by atoms with Crippen molar-refractivity contribution in [2.75, 3.05) is 34.4 Å². The molecule has 0 radical (unpaired) electrons. The summed E-state index contributed by atoms with van der Waals surface area (Å²) in [5.41, 5.74) is -4.45. The van der Waals surface area contributed by atoms with E-state index in [1.165, 1.54) is 53.1 Å². The van der Waals surface area contributed by atoms with Crippen LogP contribution in [0.25, 0.3) is 0 Å². The third-order valence-electron chi connectivity index (χ3n) is 15.9. The molecule has 0 aromatic heterocycles. The van der Waals surface area contributed by atoms with Crippen molar-refractivity contribution in [2.45, 2.75) is 251 Å². The van der Waals surface area contributed by atoms with Gasteiger partial charge in [0.15, 0.2) is 24.8 Å². The second-order valence-corrected chi connectivity index (χ2v) is 22.3. The summed E-state index contributed by atoms with van der Waals surface area (Å²) in [7, 11) is 5.30. The summed E-state index contributed by atoms with van der Waals surface area (Å²) < 4.78 is 51.1. The van der Waals surface area contributed by atoms with Crippen LogP contribution in [0.4, 0.5) is 4.79 Å². The third-order valence-corrected chi connectivity index (χ3v) is 15.9. The van der Waals surface area contributed by atoms with Crippen LogP contribution in [-0.2, 0) is 52.3 Å². The fraction of sp³-hybridized carbons (Fsp3) is 0.925. The van der Waals surface area contributed by atoms with Crippen LogP contribution >= 0.6 is 0 Å². The van der Waals surface area contributed by atoms with E-state index in [2.05, 4.69) is 10.5 Å². The number of carbonyl (C=O) groups excluding carboxylic acids is 3. The zero-order valence-corrected chi connectivity index (χ0v) is 46.0. The Labute approximate surface area is 425 Å². The molecule has 0 aromatic carbocycles. The molecule has 3 saturated heterocycles. The first kappa shape index (κ1) is 60.9. The minimum absolute atomic E-state index is 0.0145. The normalized spacial score (nSPS) is 40.9. The molecule has 0 spiro atoms. The van der Waals surface area contributed by atoms with Gasteiger partial charge in [0.2, 0.25) is 0 Å². The largest absolute Gasteiger partial charge is 0.459 e. The number of rotatable bonds is 17. The van der Waals surface area contributed by atoms with Gasteiger partial charge in [-0.05, 0) is 100 Å². The number of unbranched alkanes of at least 4 members (excludes halogenated alkanes) is 1. The Balaban J connectivity index is 1.87. The number of likely N-dealkylation sites (N-methyl/N-ethyl adjacent to an activating group) is 1. The molecule has 18 heteroatoms. The molecule has 1 amide bonds. The van der Waals surface area contributed by atoms with Crippen molar-refractivity contribution >= 4 is 23.7 Å². The Kier molecular flexibility index (Phi) is 23.3. The standard InChI is InChI=1S/C53H95N3O15/c1-16-18-26-54-50(60)70-44-39(56(13)14)28-32(4)65-49(44)71-46-34(6)43(69-41-30-52(11,63-15)47(36(8)66-41)67-37(9)57)35(7)48(59)68-40(17-2)53(12,62)45(58)33(5)42(31(3)29-51(46,10)61)55-64-27-22-25-38-23-20-19-21-24-38/h31-36,38-41,43-47,49,58,61-62H,16-30H2,1-15H3,(H,54,60)/b55-42+/t31-,32-,33+,34+,35-,36+,39+,40-,41+,43+,44-,45-,46-,47+,49?,51?,52-,53-/m1/s1. The number of methoxy groups -OCH3 is 1. The van der Waals surface area contributed by atoms with Gasteiger partial charge in [-0.1, -0.05) is 78.3 Å². The molecule has 0 bridgehead atoms. The van der Waals surface area contributed by atoms with E-state index in [9.17, 15) is 29.7 Å². The van der Waals surface area contributed by atoms with Gasteiger partial charge >= 0.3 is 18.0 Å². The van der Waals surface area contributed by atoms with Crippen LogP contribution in [0.1, 0.15) is 167 Å². The van der Waals surface area contributed by atoms with Crippen LogP contribution in [0.15, 0.2) is 5.16 Å². The lowest BCUT2D eigenvalue weighted by Gasteiger charge is -2.49. The first-order valence-electron chi connectivity index (χ1n) is 26.8. The summed E-state index contributed by atoms with van der Waals surface area (Å²) in [6.07, 6.45) is -0.422. The number of aliphatic hydroxyl groups excluding tert-OH is 1. The Morgan fingerprint density at radius 2 is 1.56 bits per heavy atom. The lowest BCUT2D eigenvalue weighted by Crippen LogP contribution is -2.62. The third kappa shape index (κ3) is 16.2. The molecule has 0 aromatic rings. The molecule has 4 aliphatic rings. The van der Waals surface area contributed by atoms with E-state index >= 15 is 0 Å². The Hall–Kier alpha value is -2.68. The maximum absolute atomic E-state index is 14.7. The summed E-state index contributed by atoms with van der Waals surface area (Å²) in [6, 6.07) is -0.358. The van der Waals surface area contributed by atoms with Crippen LogP contribution in [0.2, 0.25) is 0 Å². The number of hydrogen-bond acceptors (Lipinski definition) is 17. The monoisotopic (exact) mass is 1010 g/mol. The van der Waals surface area contributed by atoms with E-state index in [1.807, 2.05) is 39.8 Å². The van der Waals surface area contributed by atoms with Crippen molar-refractivity contribution in [3.05, 3.63) is 0 Å². The SMILES string of the molecule is CCCCNC(=O)O[C@H]1C(O[C@@H]2[C@@H](C)[C@H](O[C@H]3C[C@@](C)(OC)[C@@H](OC(C)=O)[C@H](C)O3)[C@@H](C)C(=O)O[C@H](CC)[C@@](C)(O)[C@H](O)[C@@H](C)/C(=N/OCCCC3CCCCC3)[C@H](C)CC2(C)O)O[C@H](C)C[C@@H]1N(C)C. The fourth-order valence-corrected chi connectivity index (χ4v) is 11.7. The zero-order valence-electron chi connectivity index (χ0n) is 46.0. The zero-order chi connectivity index (χ0) is 53.0. The summed E-state index contributed by atoms with van der Waals surface area (Å²) in [5.74, 6) is -4.02. The number of esters is 2. The predicted molar refractivity (Wildman–Crippen MR) is 267 cm³/mol. The van der Waals surface area contributed by atoms with E-state index in [1.54, 1.807) is 48.5 Å². The molecule has 18 nitrogen and oxygen atoms in total. The summed E-state index contributed by atoms with van der Waals surface area (Å²) in [5, 5.41) is 45.2. The number of aliphatic hydroxyl groups is 3. The summed E-state index contributed by atoms with van der Waals surface area (Å²) in [6.45, 7) is 21.5. The minimum atomic E-state index is -1.96. The number of cyclic esters (lactones) is 1. The molecule has 3 aliphatic heterocycles. The van der Waals surface area contributed by atoms with Crippen LogP contribution in [0, 0.1) is 29.6 Å². The van der Waals surface area contributed by atoms with E-state index < -0.39 is 114 Å². The number of amides is 1. The van der Waals surface area contributed by atoms with E-state index in [0.717, 1.165) is 25.7 Å². The van der Waals surface area contributed by atoms with Gasteiger partial charge in [-0.15, -0.1) is 0 Å². The highest BCUT2D eigenvalue weighted by molar-refractivity contribution is 5.88. The van der Waals surface area contributed by atoms with E-state index in [-0.39, 0.29) is 31.4 Å². The van der Waals surface area contributed by atoms with Gasteiger partial charge in [0, 0.05) is 44.8 Å². The molecule has 3 heterocycles. The molecule has 1 aliphatic carbocycles. The molecule has 1 saturated carbocycles. The quantitative estimate of drug-likeness (QED) is 0.0496. The van der Waals surface area contributed by atoms with Gasteiger partial charge in [0.1, 0.15) is 23.9 Å². The average molecular weight is 1010 g/mol. The highest BCUT2D eigenvalue weighted by Gasteiger charge is 2.55. The van der Waals surface area contributed by atoms with Crippen molar-refractivity contribution in [3.63, 3.8) is 0 Å².